The lowest BCUT2D eigenvalue weighted by Gasteiger charge is -2.17. The van der Waals surface area contributed by atoms with Crippen LogP contribution in [0.2, 0.25) is 0 Å². The van der Waals surface area contributed by atoms with Gasteiger partial charge in [0.2, 0.25) is 5.78 Å². The fourth-order valence-corrected chi connectivity index (χ4v) is 2.84. The lowest BCUT2D eigenvalue weighted by molar-refractivity contribution is -0.890. The predicted octanol–water partition coefficient (Wildman–Crippen LogP) is -1.69. The summed E-state index contributed by atoms with van der Waals surface area (Å²) in [4.78, 5) is 37.5. The third-order valence-electron chi connectivity index (χ3n) is 4.21. The summed E-state index contributed by atoms with van der Waals surface area (Å²) in [6.45, 7) is 2.15. The number of rotatable bonds is 3. The van der Waals surface area contributed by atoms with Gasteiger partial charge in [-0.05, 0) is 25.7 Å². The molecule has 0 aromatic carbocycles. The lowest BCUT2D eigenvalue weighted by atomic mass is 10.1. The lowest BCUT2D eigenvalue weighted by Crippen LogP contribution is -3.12. The third-order valence-corrected chi connectivity index (χ3v) is 4.21. The SMILES string of the molecule is Cn1c(N)c(C(=O)C[NH+]2CCCCCC2)c(=O)n(C)c1=O. The Bertz CT molecular complexity index is 651. The Hall–Kier alpha value is -1.89. The van der Waals surface area contributed by atoms with E-state index in [0.717, 1.165) is 35.1 Å². The minimum atomic E-state index is -0.602. The molecule has 3 N–H and O–H groups in total. The first-order valence-corrected chi connectivity index (χ1v) is 7.35. The number of likely N-dealkylation sites (tertiary alicyclic amines) is 1. The summed E-state index contributed by atoms with van der Waals surface area (Å²) in [5.74, 6) is -0.317. The molecule has 0 amide bonds. The molecule has 2 heterocycles. The molecule has 1 aliphatic heterocycles. The molecule has 0 spiro atoms. The fraction of sp³-hybridized carbons (Fsp3) is 0.643. The van der Waals surface area contributed by atoms with E-state index in [1.165, 1.54) is 31.8 Å². The number of Topliss-reactive ketones (excluding diaryl/α,β-unsaturated/α-hetero) is 1. The summed E-state index contributed by atoms with van der Waals surface area (Å²) in [5.41, 5.74) is 4.63. The van der Waals surface area contributed by atoms with Gasteiger partial charge in [0, 0.05) is 14.1 Å². The molecule has 0 saturated carbocycles. The van der Waals surface area contributed by atoms with E-state index in [-0.39, 0.29) is 23.7 Å². The maximum Gasteiger partial charge on any atom is 0.332 e. The van der Waals surface area contributed by atoms with Gasteiger partial charge in [-0.1, -0.05) is 0 Å². The van der Waals surface area contributed by atoms with Crippen LogP contribution in [0.4, 0.5) is 5.82 Å². The molecule has 0 unspecified atom stereocenters. The van der Waals surface area contributed by atoms with Crippen LogP contribution in [0.25, 0.3) is 0 Å². The van der Waals surface area contributed by atoms with E-state index < -0.39 is 11.2 Å². The molecule has 116 valence electrons. The Balaban J connectivity index is 2.31. The maximum atomic E-state index is 12.5. The third kappa shape index (κ3) is 3.07. The van der Waals surface area contributed by atoms with Gasteiger partial charge >= 0.3 is 5.69 Å². The highest BCUT2D eigenvalue weighted by Crippen LogP contribution is 2.04. The van der Waals surface area contributed by atoms with Crippen LogP contribution in [-0.2, 0) is 14.1 Å². The van der Waals surface area contributed by atoms with Crippen LogP contribution in [-0.4, -0.2) is 34.6 Å². The molecule has 1 saturated heterocycles. The van der Waals surface area contributed by atoms with Crippen molar-refractivity contribution < 1.29 is 9.69 Å². The van der Waals surface area contributed by atoms with Gasteiger partial charge in [0.25, 0.3) is 5.56 Å². The van der Waals surface area contributed by atoms with Gasteiger partial charge in [-0.25, -0.2) is 4.79 Å². The Morgan fingerprint density at radius 3 is 2.24 bits per heavy atom. The van der Waals surface area contributed by atoms with E-state index >= 15 is 0 Å². The summed E-state index contributed by atoms with van der Waals surface area (Å²) < 4.78 is 2.08. The standard InChI is InChI=1S/C14H22N4O3/c1-16-12(15)11(13(20)17(2)14(16)21)10(19)9-18-7-5-3-4-6-8-18/h3-9,15H2,1-2H3/p+1. The molecule has 1 aliphatic rings. The van der Waals surface area contributed by atoms with Crippen molar-refractivity contribution in [2.45, 2.75) is 25.7 Å². The van der Waals surface area contributed by atoms with E-state index in [0.29, 0.717) is 0 Å². The summed E-state index contributed by atoms with van der Waals surface area (Å²) in [7, 11) is 2.83. The van der Waals surface area contributed by atoms with Crippen LogP contribution < -0.4 is 21.9 Å². The van der Waals surface area contributed by atoms with Crippen LogP contribution in [0, 0.1) is 0 Å². The molecule has 0 bridgehead atoms. The van der Waals surface area contributed by atoms with Crippen molar-refractivity contribution >= 4 is 11.6 Å². The molecular weight excluding hydrogens is 272 g/mol. The zero-order valence-electron chi connectivity index (χ0n) is 12.6. The molecule has 21 heavy (non-hydrogen) atoms. The zero-order valence-corrected chi connectivity index (χ0v) is 12.6. The Labute approximate surface area is 123 Å². The van der Waals surface area contributed by atoms with Gasteiger partial charge in [-0.2, -0.15) is 0 Å². The van der Waals surface area contributed by atoms with E-state index in [9.17, 15) is 14.4 Å². The number of carbonyl (C=O) groups is 1. The van der Waals surface area contributed by atoms with Crippen LogP contribution in [0.15, 0.2) is 9.59 Å². The van der Waals surface area contributed by atoms with Crippen LogP contribution in [0.1, 0.15) is 36.0 Å². The summed E-state index contributed by atoms with van der Waals surface area (Å²) in [6, 6.07) is 0. The molecule has 1 aromatic heterocycles. The van der Waals surface area contributed by atoms with Crippen LogP contribution in [0.5, 0.6) is 0 Å². The number of quaternary nitrogens is 1. The van der Waals surface area contributed by atoms with Crippen molar-refractivity contribution in [2.24, 2.45) is 14.1 Å². The smallest absolute Gasteiger partial charge is 0.332 e. The first-order valence-electron chi connectivity index (χ1n) is 7.35. The minimum Gasteiger partial charge on any atom is -0.384 e. The monoisotopic (exact) mass is 295 g/mol. The highest BCUT2D eigenvalue weighted by molar-refractivity contribution is 6.00. The molecular formula is C14H23N4O3+. The number of nitrogens with zero attached hydrogens (tertiary/aromatic N) is 2. The molecule has 1 fully saturated rings. The van der Waals surface area contributed by atoms with Gasteiger partial charge in [0.1, 0.15) is 17.9 Å². The number of nitrogens with two attached hydrogens (primary N) is 1. The first-order chi connectivity index (χ1) is 9.93. The van der Waals surface area contributed by atoms with Gasteiger partial charge in [-0.15, -0.1) is 0 Å². The maximum absolute atomic E-state index is 12.5. The van der Waals surface area contributed by atoms with Crippen molar-refractivity contribution in [1.82, 2.24) is 9.13 Å². The topological polar surface area (TPSA) is 91.5 Å². The van der Waals surface area contributed by atoms with Gasteiger partial charge < -0.3 is 10.6 Å². The predicted molar refractivity (Wildman–Crippen MR) is 79.7 cm³/mol. The number of nitrogen functional groups attached to an aromatic ring is 1. The van der Waals surface area contributed by atoms with Gasteiger partial charge in [0.15, 0.2) is 0 Å². The Morgan fingerprint density at radius 1 is 1.10 bits per heavy atom. The first kappa shape index (κ1) is 15.5. The van der Waals surface area contributed by atoms with Crippen LogP contribution in [0.3, 0.4) is 0 Å². The summed E-state index contributed by atoms with van der Waals surface area (Å²) >= 11 is 0. The molecule has 7 heteroatoms. The van der Waals surface area contributed by atoms with E-state index in [2.05, 4.69) is 0 Å². The second-order valence-corrected chi connectivity index (χ2v) is 5.73. The van der Waals surface area contributed by atoms with E-state index in [1.807, 2.05) is 0 Å². The summed E-state index contributed by atoms with van der Waals surface area (Å²) in [6.07, 6.45) is 4.59. The van der Waals surface area contributed by atoms with Crippen molar-refractivity contribution in [3.8, 4) is 0 Å². The average molecular weight is 295 g/mol. The molecule has 1 aromatic rings. The normalized spacial score (nSPS) is 16.7. The largest absolute Gasteiger partial charge is 0.384 e. The highest BCUT2D eigenvalue weighted by atomic mass is 16.2. The molecule has 0 atom stereocenters. The molecule has 2 rings (SSSR count). The quantitative estimate of drug-likeness (QED) is 0.651. The van der Waals surface area contributed by atoms with Gasteiger partial charge in [-0.3, -0.25) is 18.7 Å². The molecule has 7 nitrogen and oxygen atoms in total. The Morgan fingerprint density at radius 2 is 1.67 bits per heavy atom. The van der Waals surface area contributed by atoms with Crippen molar-refractivity contribution in [2.75, 3.05) is 25.4 Å². The number of aromatic nitrogens is 2. The zero-order chi connectivity index (χ0) is 15.6. The number of ketones is 1. The number of nitrogens with one attached hydrogen (secondary N) is 1. The summed E-state index contributed by atoms with van der Waals surface area (Å²) in [5, 5.41) is 0. The molecule has 0 radical (unpaired) electrons. The van der Waals surface area contributed by atoms with Crippen molar-refractivity contribution in [3.63, 3.8) is 0 Å². The van der Waals surface area contributed by atoms with Crippen LogP contribution >= 0.6 is 0 Å². The minimum absolute atomic E-state index is 0.0395. The number of hydrogen-bond donors (Lipinski definition) is 2. The van der Waals surface area contributed by atoms with Crippen molar-refractivity contribution in [1.29, 1.82) is 0 Å². The van der Waals surface area contributed by atoms with Gasteiger partial charge in [0.05, 0.1) is 13.1 Å². The van der Waals surface area contributed by atoms with Crippen molar-refractivity contribution in [3.05, 3.63) is 26.4 Å². The number of carbonyl (C=O) groups excluding carboxylic acids is 1. The number of anilines is 1. The molecule has 0 aliphatic carbocycles. The second kappa shape index (κ2) is 6.26. The second-order valence-electron chi connectivity index (χ2n) is 5.73. The van der Waals surface area contributed by atoms with E-state index in [1.54, 1.807) is 0 Å². The fourth-order valence-electron chi connectivity index (χ4n) is 2.84. The number of hydrogen-bond acceptors (Lipinski definition) is 4. The average Bonchev–Trinajstić information content (AvgIpc) is 2.72. The van der Waals surface area contributed by atoms with E-state index in [4.69, 9.17) is 5.73 Å². The Kier molecular flexibility index (Phi) is 4.62. The highest BCUT2D eigenvalue weighted by Gasteiger charge is 2.24.